The number of esters is 1. The molecule has 0 bridgehead atoms. The molecule has 0 aliphatic heterocycles. The molecule has 0 aliphatic carbocycles. The Morgan fingerprint density at radius 3 is 2.48 bits per heavy atom. The van der Waals surface area contributed by atoms with Crippen molar-refractivity contribution in [3.8, 4) is 17.2 Å². The van der Waals surface area contributed by atoms with Gasteiger partial charge in [-0.15, -0.1) is 0 Å². The van der Waals surface area contributed by atoms with Crippen molar-refractivity contribution in [2.45, 2.75) is 26.9 Å². The van der Waals surface area contributed by atoms with E-state index in [9.17, 15) is 9.59 Å². The molecule has 0 atom stereocenters. The van der Waals surface area contributed by atoms with Crippen LogP contribution in [-0.4, -0.2) is 12.6 Å². The highest BCUT2D eigenvalue weighted by atomic mass is 16.5. The molecule has 1 heterocycles. The lowest BCUT2D eigenvalue weighted by Gasteiger charge is -2.10. The molecule has 0 saturated heterocycles. The molecule has 0 N–H and O–H groups in total. The maximum absolute atomic E-state index is 12.9. The van der Waals surface area contributed by atoms with Crippen LogP contribution < -0.4 is 14.9 Å². The summed E-state index contributed by atoms with van der Waals surface area (Å²) in [5, 5.41) is 0.385. The molecule has 0 aliphatic rings. The first-order valence-corrected chi connectivity index (χ1v) is 10.7. The van der Waals surface area contributed by atoms with Gasteiger partial charge in [0, 0.05) is 6.07 Å². The van der Waals surface area contributed by atoms with E-state index < -0.39 is 5.97 Å². The Balaban J connectivity index is 1.48. The minimum Gasteiger partial charge on any atom is -0.489 e. The molecule has 1 aromatic heterocycles. The number of aryl methyl sites for hydroxylation is 1. The van der Waals surface area contributed by atoms with Gasteiger partial charge in [-0.2, -0.15) is 0 Å². The van der Waals surface area contributed by atoms with Gasteiger partial charge in [0.2, 0.25) is 11.2 Å². The Labute approximate surface area is 191 Å². The quantitative estimate of drug-likeness (QED) is 0.309. The molecule has 6 nitrogen and oxygen atoms in total. The number of carbonyl (C=O) groups excluding carboxylic acids is 1. The van der Waals surface area contributed by atoms with E-state index >= 15 is 0 Å². The van der Waals surface area contributed by atoms with Crippen LogP contribution in [0.1, 0.15) is 34.8 Å². The maximum atomic E-state index is 12.9. The third-order valence-electron chi connectivity index (χ3n) is 5.13. The minimum absolute atomic E-state index is 0.0531. The van der Waals surface area contributed by atoms with E-state index in [1.54, 1.807) is 42.5 Å². The predicted octanol–water partition coefficient (Wildman–Crippen LogP) is 6.04. The third kappa shape index (κ3) is 5.23. The minimum atomic E-state index is -0.394. The molecule has 0 spiro atoms. The van der Waals surface area contributed by atoms with E-state index in [1.165, 1.54) is 6.26 Å². The number of carbonyl (C=O) groups is 1. The second-order valence-corrected chi connectivity index (χ2v) is 7.56. The molecule has 6 heteroatoms. The molecule has 0 unspecified atom stereocenters. The summed E-state index contributed by atoms with van der Waals surface area (Å²) in [5.41, 5.74) is 2.77. The molecular formula is C27H24O6. The average molecular weight is 444 g/mol. The van der Waals surface area contributed by atoms with Crippen LogP contribution in [0.4, 0.5) is 0 Å². The molecule has 0 amide bonds. The van der Waals surface area contributed by atoms with Gasteiger partial charge in [-0.25, -0.2) is 4.79 Å². The van der Waals surface area contributed by atoms with Gasteiger partial charge in [0.1, 0.15) is 30.0 Å². The normalized spacial score (nSPS) is 10.7. The number of fused-ring (bicyclic) bond motifs is 1. The summed E-state index contributed by atoms with van der Waals surface area (Å²) in [6.45, 7) is 4.75. The topological polar surface area (TPSA) is 75.0 Å². The van der Waals surface area contributed by atoms with E-state index in [-0.39, 0.29) is 11.2 Å². The first-order valence-electron chi connectivity index (χ1n) is 10.7. The second kappa shape index (κ2) is 10.0. The van der Waals surface area contributed by atoms with Gasteiger partial charge in [-0.1, -0.05) is 31.2 Å². The number of rotatable bonds is 8. The Bertz CT molecular complexity index is 1320. The standard InChI is InChI=1S/C27H24O6/c1-3-14-30-27(29)19-8-10-21(11-9-19)33-25-17-32-24-15-22(12-13-23(24)26(25)28)31-16-20-7-5-4-6-18(20)2/h4-13,15,17H,3,14,16H2,1-2H3. The molecule has 3 aromatic carbocycles. The van der Waals surface area contributed by atoms with Gasteiger partial charge in [0.15, 0.2) is 0 Å². The molecule has 4 aromatic rings. The number of ether oxygens (including phenoxy) is 3. The lowest BCUT2D eigenvalue weighted by molar-refractivity contribution is 0.0505. The molecular weight excluding hydrogens is 420 g/mol. The number of benzene rings is 3. The number of hydrogen-bond donors (Lipinski definition) is 0. The van der Waals surface area contributed by atoms with Gasteiger partial charge in [-0.3, -0.25) is 4.79 Å². The molecule has 0 saturated carbocycles. The van der Waals surface area contributed by atoms with E-state index in [0.717, 1.165) is 17.5 Å². The van der Waals surface area contributed by atoms with Gasteiger partial charge in [0.05, 0.1) is 17.6 Å². The molecule has 4 rings (SSSR count). The van der Waals surface area contributed by atoms with Gasteiger partial charge in [-0.05, 0) is 60.9 Å². The fraction of sp³-hybridized carbons (Fsp3) is 0.185. The summed E-state index contributed by atoms with van der Waals surface area (Å²) < 4.78 is 22.3. The second-order valence-electron chi connectivity index (χ2n) is 7.56. The van der Waals surface area contributed by atoms with Crippen LogP contribution in [0.25, 0.3) is 11.0 Å². The first kappa shape index (κ1) is 22.1. The van der Waals surface area contributed by atoms with Gasteiger partial charge in [0.25, 0.3) is 0 Å². The summed E-state index contributed by atoms with van der Waals surface area (Å²) in [6, 6.07) is 19.5. The van der Waals surface area contributed by atoms with Crippen molar-refractivity contribution < 1.29 is 23.4 Å². The molecule has 168 valence electrons. The lowest BCUT2D eigenvalue weighted by atomic mass is 10.1. The smallest absolute Gasteiger partial charge is 0.338 e. The highest BCUT2D eigenvalue weighted by molar-refractivity contribution is 5.89. The van der Waals surface area contributed by atoms with Gasteiger partial charge < -0.3 is 18.6 Å². The van der Waals surface area contributed by atoms with Crippen LogP contribution in [0, 0.1) is 6.92 Å². The van der Waals surface area contributed by atoms with Crippen molar-refractivity contribution in [3.05, 3.63) is 99.9 Å². The van der Waals surface area contributed by atoms with Crippen LogP contribution >= 0.6 is 0 Å². The van der Waals surface area contributed by atoms with Gasteiger partial charge >= 0.3 is 5.97 Å². The molecule has 33 heavy (non-hydrogen) atoms. The highest BCUT2D eigenvalue weighted by Gasteiger charge is 2.12. The maximum Gasteiger partial charge on any atom is 0.338 e. The summed E-state index contributed by atoms with van der Waals surface area (Å²) in [5.74, 6) is 0.673. The van der Waals surface area contributed by atoms with Crippen molar-refractivity contribution in [2.24, 2.45) is 0 Å². The fourth-order valence-corrected chi connectivity index (χ4v) is 3.25. The van der Waals surface area contributed by atoms with Crippen LogP contribution in [0.5, 0.6) is 17.2 Å². The van der Waals surface area contributed by atoms with Crippen molar-refractivity contribution in [1.82, 2.24) is 0 Å². The zero-order valence-corrected chi connectivity index (χ0v) is 18.5. The molecule has 0 fully saturated rings. The Kier molecular flexibility index (Phi) is 6.74. The van der Waals surface area contributed by atoms with Crippen molar-refractivity contribution >= 4 is 16.9 Å². The SMILES string of the molecule is CCCOC(=O)c1ccc(Oc2coc3cc(OCc4ccccc4C)ccc3c2=O)cc1. The zero-order chi connectivity index (χ0) is 23.2. The summed E-state index contributed by atoms with van der Waals surface area (Å²) >= 11 is 0. The summed E-state index contributed by atoms with van der Waals surface area (Å²) in [6.07, 6.45) is 2.03. The largest absolute Gasteiger partial charge is 0.489 e. The lowest BCUT2D eigenvalue weighted by Crippen LogP contribution is -2.06. The zero-order valence-electron chi connectivity index (χ0n) is 18.5. The van der Waals surface area contributed by atoms with Crippen molar-refractivity contribution in [3.63, 3.8) is 0 Å². The fourth-order valence-electron chi connectivity index (χ4n) is 3.25. The highest BCUT2D eigenvalue weighted by Crippen LogP contribution is 2.25. The third-order valence-corrected chi connectivity index (χ3v) is 5.13. The molecule has 0 radical (unpaired) electrons. The van der Waals surface area contributed by atoms with Crippen LogP contribution in [-0.2, 0) is 11.3 Å². The Hall–Kier alpha value is -4.06. The first-order chi connectivity index (χ1) is 16.0. The monoisotopic (exact) mass is 444 g/mol. The Morgan fingerprint density at radius 1 is 0.970 bits per heavy atom. The van der Waals surface area contributed by atoms with E-state index in [2.05, 4.69) is 0 Å². The summed E-state index contributed by atoms with van der Waals surface area (Å²) in [4.78, 5) is 24.8. The van der Waals surface area contributed by atoms with Crippen molar-refractivity contribution in [1.29, 1.82) is 0 Å². The van der Waals surface area contributed by atoms with Crippen LogP contribution in [0.3, 0.4) is 0 Å². The van der Waals surface area contributed by atoms with E-state index in [4.69, 9.17) is 18.6 Å². The van der Waals surface area contributed by atoms with E-state index in [0.29, 0.717) is 41.2 Å². The van der Waals surface area contributed by atoms with E-state index in [1.807, 2.05) is 38.1 Å². The number of hydrogen-bond acceptors (Lipinski definition) is 6. The summed E-state index contributed by atoms with van der Waals surface area (Å²) in [7, 11) is 0. The van der Waals surface area contributed by atoms with Crippen LogP contribution in [0.2, 0.25) is 0 Å². The predicted molar refractivity (Wildman–Crippen MR) is 125 cm³/mol. The van der Waals surface area contributed by atoms with Crippen LogP contribution in [0.15, 0.2) is 82.2 Å². The average Bonchev–Trinajstić information content (AvgIpc) is 2.84. The Morgan fingerprint density at radius 2 is 1.73 bits per heavy atom. The van der Waals surface area contributed by atoms with Crippen molar-refractivity contribution in [2.75, 3.05) is 6.61 Å².